The summed E-state index contributed by atoms with van der Waals surface area (Å²) >= 11 is 0. The molecule has 1 unspecified atom stereocenters. The van der Waals surface area contributed by atoms with E-state index in [4.69, 9.17) is 14.1 Å². The van der Waals surface area contributed by atoms with Crippen molar-refractivity contribution in [2.75, 3.05) is 37.7 Å². The molecule has 4 atom stereocenters. The minimum Gasteiger partial charge on any atom is -0.508 e. The number of piperidine rings is 1. The molecule has 3 aliphatic heterocycles. The molecule has 0 spiro atoms. The van der Waals surface area contributed by atoms with Crippen LogP contribution < -0.4 is 9.64 Å². The van der Waals surface area contributed by atoms with Gasteiger partial charge in [-0.3, -0.25) is 9.88 Å². The molecule has 54 heavy (non-hydrogen) atoms. The van der Waals surface area contributed by atoms with E-state index in [9.17, 15) is 13.9 Å². The third-order valence-corrected chi connectivity index (χ3v) is 17.5. The molecule has 4 aliphatic rings. The fourth-order valence-electron chi connectivity index (χ4n) is 9.29. The van der Waals surface area contributed by atoms with E-state index in [1.165, 1.54) is 18.2 Å². The SMILES string of the molecule is CCc1c(F)ccc2cc(O)cc(-c3ncc4c(N5C[C@@H]6C[C@H](C5)[C@H](O[Si](C)(C)C(C)(C)C)C6)nc(OCC56CCCN5CC(=C(F)F)C6)nc4c3F)c12. The van der Waals surface area contributed by atoms with Gasteiger partial charge in [0.15, 0.2) is 14.1 Å². The van der Waals surface area contributed by atoms with Crippen molar-refractivity contribution in [1.29, 1.82) is 0 Å². The molecule has 1 N–H and O–H groups in total. The summed E-state index contributed by atoms with van der Waals surface area (Å²) < 4.78 is 73.1. The summed E-state index contributed by atoms with van der Waals surface area (Å²) in [6, 6.07) is 5.81. The second-order valence-electron chi connectivity index (χ2n) is 17.5. The first-order chi connectivity index (χ1) is 25.6. The van der Waals surface area contributed by atoms with Crippen molar-refractivity contribution >= 4 is 35.8 Å². The van der Waals surface area contributed by atoms with Gasteiger partial charge in [0.2, 0.25) is 0 Å². The van der Waals surface area contributed by atoms with E-state index in [0.717, 1.165) is 19.3 Å². The molecule has 0 amide bonds. The molecule has 2 aromatic heterocycles. The van der Waals surface area contributed by atoms with E-state index >= 15 is 8.78 Å². The second kappa shape index (κ2) is 13.4. The maximum atomic E-state index is 17.2. The molecule has 2 bridgehead atoms. The Morgan fingerprint density at radius 2 is 1.89 bits per heavy atom. The average molecular weight is 764 g/mol. The fourth-order valence-corrected chi connectivity index (χ4v) is 10.7. The average Bonchev–Trinajstić information content (AvgIpc) is 3.76. The van der Waals surface area contributed by atoms with Crippen LogP contribution in [0.25, 0.3) is 32.9 Å². The molecule has 8 rings (SSSR count). The first-order valence-electron chi connectivity index (χ1n) is 19.2. The van der Waals surface area contributed by atoms with Crippen molar-refractivity contribution in [3.8, 4) is 23.0 Å². The summed E-state index contributed by atoms with van der Waals surface area (Å²) in [5.41, 5.74) is 0.0675. The van der Waals surface area contributed by atoms with Crippen molar-refractivity contribution in [3.05, 3.63) is 59.3 Å². The van der Waals surface area contributed by atoms with Gasteiger partial charge >= 0.3 is 6.01 Å². The van der Waals surface area contributed by atoms with Crippen LogP contribution in [0.2, 0.25) is 18.1 Å². The number of aromatic hydroxyl groups is 1. The summed E-state index contributed by atoms with van der Waals surface area (Å²) in [6.45, 7) is 15.5. The number of fused-ring (bicyclic) bond motifs is 5. The fraction of sp³-hybridized carbons (Fsp3) is 0.537. The number of aryl methyl sites for hydroxylation is 1. The van der Waals surface area contributed by atoms with Crippen LogP contribution in [0.3, 0.4) is 0 Å². The molecule has 0 radical (unpaired) electrons. The Morgan fingerprint density at radius 1 is 1.09 bits per heavy atom. The number of phenols is 1. The molecule has 8 nitrogen and oxygen atoms in total. The number of hydrogen-bond donors (Lipinski definition) is 1. The van der Waals surface area contributed by atoms with Crippen LogP contribution in [-0.2, 0) is 10.8 Å². The van der Waals surface area contributed by atoms with E-state index in [1.807, 2.05) is 11.8 Å². The smallest absolute Gasteiger partial charge is 0.319 e. The van der Waals surface area contributed by atoms with Crippen LogP contribution in [0.4, 0.5) is 23.4 Å². The van der Waals surface area contributed by atoms with Crippen molar-refractivity contribution in [2.24, 2.45) is 11.8 Å². The number of phenolic OH excluding ortho intramolecular Hbond substituents is 1. The molecule has 2 aromatic carbocycles. The number of ether oxygens (including phenoxy) is 1. The zero-order valence-electron chi connectivity index (χ0n) is 31.9. The molecular formula is C41H49F4N5O3Si. The number of pyridine rings is 1. The van der Waals surface area contributed by atoms with Crippen molar-refractivity contribution in [2.45, 2.75) is 96.0 Å². The molecule has 4 aromatic rings. The van der Waals surface area contributed by atoms with Crippen LogP contribution in [0.1, 0.15) is 65.4 Å². The maximum absolute atomic E-state index is 17.2. The van der Waals surface area contributed by atoms with Crippen LogP contribution in [0.5, 0.6) is 11.8 Å². The maximum Gasteiger partial charge on any atom is 0.319 e. The number of anilines is 1. The third-order valence-electron chi connectivity index (χ3n) is 13.0. The van der Waals surface area contributed by atoms with Gasteiger partial charge in [-0.25, -0.2) is 8.78 Å². The number of rotatable bonds is 8. The summed E-state index contributed by atoms with van der Waals surface area (Å²) in [5, 5.41) is 12.2. The second-order valence-corrected chi connectivity index (χ2v) is 22.2. The van der Waals surface area contributed by atoms with E-state index in [1.54, 1.807) is 12.3 Å². The summed E-state index contributed by atoms with van der Waals surface area (Å²) in [5.74, 6) is -0.157. The standard InChI is InChI=1S/C41H49F4N5O3Si/c1-7-28-31(42)10-9-24-15-27(51)16-29(33(24)28)35-34(43)36-30(18-46-35)38(49-19-23-13-25(20-49)32(14-23)53-54(5,6)40(2,3)4)48-39(47-36)52-22-41-11-8-12-50(41)21-26(17-41)37(44)45/h9-10,15-16,18,23,25,32,51H,7-8,11-14,17,19-22H2,1-6H3/t23-,25-,32-,41?/m1/s1. The predicted molar refractivity (Wildman–Crippen MR) is 205 cm³/mol. The van der Waals surface area contributed by atoms with Crippen LogP contribution in [0, 0.1) is 23.5 Å². The minimum atomic E-state index is -2.03. The monoisotopic (exact) mass is 763 g/mol. The van der Waals surface area contributed by atoms with E-state index in [0.29, 0.717) is 65.9 Å². The first kappa shape index (κ1) is 37.1. The molecule has 1 saturated carbocycles. The molecule has 13 heteroatoms. The zero-order chi connectivity index (χ0) is 38.3. The van der Waals surface area contributed by atoms with Crippen LogP contribution in [0.15, 0.2) is 42.1 Å². The Hall–Kier alpha value is -3.81. The highest BCUT2D eigenvalue weighted by Crippen LogP contribution is 2.47. The van der Waals surface area contributed by atoms with Gasteiger partial charge in [0.05, 0.1) is 10.9 Å². The Bertz CT molecular complexity index is 2170. The highest BCUT2D eigenvalue weighted by atomic mass is 28.4. The van der Waals surface area contributed by atoms with Gasteiger partial charge < -0.3 is 19.2 Å². The Labute approximate surface area is 314 Å². The van der Waals surface area contributed by atoms with Crippen molar-refractivity contribution in [1.82, 2.24) is 19.9 Å². The normalized spacial score (nSPS) is 24.6. The number of halogens is 4. The lowest BCUT2D eigenvalue weighted by Gasteiger charge is -2.40. The molecule has 288 valence electrons. The Kier molecular flexibility index (Phi) is 9.24. The summed E-state index contributed by atoms with van der Waals surface area (Å²) in [6.07, 6.45) is 4.12. The van der Waals surface area contributed by atoms with E-state index in [2.05, 4.69) is 48.7 Å². The topological polar surface area (TPSA) is 83.8 Å². The number of nitrogens with zero attached hydrogens (tertiary/aromatic N) is 5. The minimum absolute atomic E-state index is 0.0134. The van der Waals surface area contributed by atoms with E-state index in [-0.39, 0.29) is 70.7 Å². The van der Waals surface area contributed by atoms with Gasteiger partial charge in [0, 0.05) is 49.0 Å². The number of hydrogen-bond acceptors (Lipinski definition) is 8. The number of aromatic nitrogens is 3. The first-order valence-corrected chi connectivity index (χ1v) is 22.1. The largest absolute Gasteiger partial charge is 0.508 e. The van der Waals surface area contributed by atoms with Gasteiger partial charge in [-0.05, 0) is 104 Å². The predicted octanol–water partition coefficient (Wildman–Crippen LogP) is 9.40. The van der Waals surface area contributed by atoms with Gasteiger partial charge in [-0.1, -0.05) is 33.8 Å². The number of benzene rings is 2. The molecule has 5 heterocycles. The van der Waals surface area contributed by atoms with Gasteiger partial charge in [-0.15, -0.1) is 0 Å². The molecule has 1 aliphatic carbocycles. The molecule has 3 saturated heterocycles. The summed E-state index contributed by atoms with van der Waals surface area (Å²) in [7, 11) is -2.03. The molecular weight excluding hydrogens is 715 g/mol. The van der Waals surface area contributed by atoms with Gasteiger partial charge in [0.1, 0.15) is 35.2 Å². The zero-order valence-corrected chi connectivity index (χ0v) is 32.9. The van der Waals surface area contributed by atoms with Crippen LogP contribution in [-0.4, -0.2) is 77.7 Å². The third kappa shape index (κ3) is 6.33. The lowest BCUT2D eigenvalue weighted by molar-refractivity contribution is 0.108. The summed E-state index contributed by atoms with van der Waals surface area (Å²) in [4.78, 5) is 18.4. The van der Waals surface area contributed by atoms with Crippen LogP contribution >= 0.6 is 0 Å². The Balaban J connectivity index is 1.22. The van der Waals surface area contributed by atoms with Crippen molar-refractivity contribution < 1.29 is 31.8 Å². The Morgan fingerprint density at radius 3 is 2.63 bits per heavy atom. The van der Waals surface area contributed by atoms with Gasteiger partial charge in [0.25, 0.3) is 6.08 Å². The van der Waals surface area contributed by atoms with Crippen molar-refractivity contribution in [3.63, 3.8) is 0 Å². The lowest BCUT2D eigenvalue weighted by Crippen LogP contribution is -2.46. The highest BCUT2D eigenvalue weighted by Gasteiger charge is 2.49. The quantitative estimate of drug-likeness (QED) is 0.141. The molecule has 4 fully saturated rings. The lowest BCUT2D eigenvalue weighted by atomic mass is 9.94. The van der Waals surface area contributed by atoms with Gasteiger partial charge in [-0.2, -0.15) is 18.7 Å². The highest BCUT2D eigenvalue weighted by molar-refractivity contribution is 6.74. The van der Waals surface area contributed by atoms with E-state index < -0.39 is 31.6 Å².